The fraction of sp³-hybridized carbons (Fsp3) is 0.600. The van der Waals surface area contributed by atoms with Crippen LogP contribution in [0.1, 0.15) is 27.2 Å². The second kappa shape index (κ2) is 4.13. The van der Waals surface area contributed by atoms with Gasteiger partial charge in [0.15, 0.2) is 0 Å². The molecule has 0 heterocycles. The minimum absolute atomic E-state index is 0. The number of hydrogen-bond donors (Lipinski definition) is 0. The van der Waals surface area contributed by atoms with Gasteiger partial charge in [-0.05, 0) is 17.8 Å². The zero-order valence-corrected chi connectivity index (χ0v) is 8.55. The molecule has 0 atom stereocenters. The quantitative estimate of drug-likeness (QED) is 0.559. The molecule has 1 aliphatic rings. The molecule has 0 N–H and O–H groups in total. The zero-order valence-electron chi connectivity index (χ0n) is 7.45. The predicted octanol–water partition coefficient (Wildman–Crippen LogP) is 3.16. The Morgan fingerprint density at radius 1 is 1.09 bits per heavy atom. The van der Waals surface area contributed by atoms with Gasteiger partial charge in [0.25, 0.3) is 0 Å². The van der Waals surface area contributed by atoms with Crippen molar-refractivity contribution in [3.05, 3.63) is 24.3 Å². The van der Waals surface area contributed by atoms with Gasteiger partial charge < -0.3 is 0 Å². The van der Waals surface area contributed by atoms with Gasteiger partial charge in [0.1, 0.15) is 0 Å². The fourth-order valence-corrected chi connectivity index (χ4v) is 1.32. The molecule has 1 aliphatic carbocycles. The number of rotatable bonds is 1. The molecule has 1 heteroatoms. The van der Waals surface area contributed by atoms with E-state index in [-0.39, 0.29) is 17.1 Å². The Labute approximate surface area is 80.2 Å². The summed E-state index contributed by atoms with van der Waals surface area (Å²) in [6, 6.07) is 0. The predicted molar refractivity (Wildman–Crippen MR) is 45.8 cm³/mol. The van der Waals surface area contributed by atoms with E-state index in [1.54, 1.807) is 0 Å². The molecule has 0 amide bonds. The van der Waals surface area contributed by atoms with Gasteiger partial charge in [-0.2, -0.15) is 0 Å². The summed E-state index contributed by atoms with van der Waals surface area (Å²) in [5.41, 5.74) is 0.462. The van der Waals surface area contributed by atoms with Crippen molar-refractivity contribution < 1.29 is 17.1 Å². The van der Waals surface area contributed by atoms with Crippen LogP contribution in [0.15, 0.2) is 24.3 Å². The smallest absolute Gasteiger partial charge is 0 e. The summed E-state index contributed by atoms with van der Waals surface area (Å²) >= 11 is 0. The monoisotopic (exact) mass is 192 g/mol. The molecule has 0 radical (unpaired) electrons. The summed E-state index contributed by atoms with van der Waals surface area (Å²) in [6.07, 6.45) is 10.1. The van der Waals surface area contributed by atoms with Crippen LogP contribution in [0, 0.1) is 11.3 Å². The first-order valence-electron chi connectivity index (χ1n) is 3.93. The van der Waals surface area contributed by atoms with Gasteiger partial charge in [-0.3, -0.25) is 0 Å². The number of hydrogen-bond acceptors (Lipinski definition) is 0. The third kappa shape index (κ3) is 4.44. The van der Waals surface area contributed by atoms with Crippen molar-refractivity contribution in [3.8, 4) is 0 Å². The Bertz CT molecular complexity index is 148. The van der Waals surface area contributed by atoms with Crippen LogP contribution < -0.4 is 0 Å². The number of allylic oxidation sites excluding steroid dienone is 4. The van der Waals surface area contributed by atoms with E-state index in [1.165, 1.54) is 6.42 Å². The Hall–Kier alpha value is -0.000519. The van der Waals surface area contributed by atoms with Crippen LogP contribution in [0.4, 0.5) is 0 Å². The van der Waals surface area contributed by atoms with E-state index in [9.17, 15) is 0 Å². The molecule has 0 bridgehead atoms. The van der Waals surface area contributed by atoms with E-state index in [0.29, 0.717) is 11.3 Å². The first-order chi connectivity index (χ1) is 4.58. The topological polar surface area (TPSA) is 0 Å². The first-order valence-corrected chi connectivity index (χ1v) is 3.93. The molecule has 0 nitrogen and oxygen atoms in total. The van der Waals surface area contributed by atoms with E-state index in [2.05, 4.69) is 45.1 Å². The second-order valence-electron chi connectivity index (χ2n) is 4.20. The second-order valence-corrected chi connectivity index (χ2v) is 4.20. The van der Waals surface area contributed by atoms with E-state index in [4.69, 9.17) is 0 Å². The largest absolute Gasteiger partial charge is 0.0776 e. The van der Waals surface area contributed by atoms with Gasteiger partial charge in [-0.1, -0.05) is 45.1 Å². The molecule has 0 aromatic rings. The summed E-state index contributed by atoms with van der Waals surface area (Å²) in [7, 11) is 0. The van der Waals surface area contributed by atoms with Gasteiger partial charge in [0, 0.05) is 17.1 Å². The zero-order chi connectivity index (χ0) is 7.61. The van der Waals surface area contributed by atoms with E-state index in [0.717, 1.165) is 0 Å². The summed E-state index contributed by atoms with van der Waals surface area (Å²) in [4.78, 5) is 0. The maximum atomic E-state index is 2.28. The molecule has 64 valence electrons. The van der Waals surface area contributed by atoms with Crippen LogP contribution in [0.3, 0.4) is 0 Å². The van der Waals surface area contributed by atoms with Crippen molar-refractivity contribution in [1.82, 2.24) is 0 Å². The summed E-state index contributed by atoms with van der Waals surface area (Å²) < 4.78 is 0. The third-order valence-corrected chi connectivity index (χ3v) is 1.68. The van der Waals surface area contributed by atoms with Crippen LogP contribution in [-0.2, 0) is 17.1 Å². The SMILES string of the molecule is CC(C)(C)CC1C=CC=C1.[Fe]. The molecule has 0 saturated heterocycles. The molecule has 0 aliphatic heterocycles. The Balaban J connectivity index is 0.000001000. The maximum absolute atomic E-state index is 2.28. The van der Waals surface area contributed by atoms with Gasteiger partial charge >= 0.3 is 0 Å². The Morgan fingerprint density at radius 3 is 1.91 bits per heavy atom. The van der Waals surface area contributed by atoms with Crippen LogP contribution in [0.5, 0.6) is 0 Å². The third-order valence-electron chi connectivity index (χ3n) is 1.68. The van der Waals surface area contributed by atoms with E-state index >= 15 is 0 Å². The van der Waals surface area contributed by atoms with Crippen LogP contribution in [-0.4, -0.2) is 0 Å². The van der Waals surface area contributed by atoms with Crippen molar-refractivity contribution in [2.75, 3.05) is 0 Å². The van der Waals surface area contributed by atoms with Crippen molar-refractivity contribution in [3.63, 3.8) is 0 Å². The van der Waals surface area contributed by atoms with Crippen LogP contribution in [0.25, 0.3) is 0 Å². The Kier molecular flexibility index (Phi) is 4.13. The minimum Gasteiger partial charge on any atom is -0.0776 e. The van der Waals surface area contributed by atoms with Crippen molar-refractivity contribution in [1.29, 1.82) is 0 Å². The molecule has 0 aromatic heterocycles. The van der Waals surface area contributed by atoms with Crippen LogP contribution >= 0.6 is 0 Å². The van der Waals surface area contributed by atoms with Crippen LogP contribution in [0.2, 0.25) is 0 Å². The summed E-state index contributed by atoms with van der Waals surface area (Å²) in [5, 5.41) is 0. The summed E-state index contributed by atoms with van der Waals surface area (Å²) in [6.45, 7) is 6.85. The molecule has 1 rings (SSSR count). The first kappa shape index (κ1) is 11.0. The fourth-order valence-electron chi connectivity index (χ4n) is 1.32. The molecule has 0 aromatic carbocycles. The van der Waals surface area contributed by atoms with Gasteiger partial charge in [0.2, 0.25) is 0 Å². The average Bonchev–Trinajstić information content (AvgIpc) is 2.12. The molecule has 0 unspecified atom stereocenters. The standard InChI is InChI=1S/C10H16.Fe/c1-10(2,3)8-9-6-4-5-7-9;/h4-7,9H,8H2,1-3H3;. The normalized spacial score (nSPS) is 17.0. The summed E-state index contributed by atoms with van der Waals surface area (Å²) in [5.74, 6) is 0.694. The molecule has 0 saturated carbocycles. The van der Waals surface area contributed by atoms with Gasteiger partial charge in [0.05, 0.1) is 0 Å². The van der Waals surface area contributed by atoms with Crippen molar-refractivity contribution in [2.45, 2.75) is 27.2 Å². The average molecular weight is 192 g/mol. The van der Waals surface area contributed by atoms with Crippen molar-refractivity contribution in [2.24, 2.45) is 11.3 Å². The molecule has 11 heavy (non-hydrogen) atoms. The Morgan fingerprint density at radius 2 is 1.55 bits per heavy atom. The maximum Gasteiger partial charge on any atom is 0 e. The van der Waals surface area contributed by atoms with Gasteiger partial charge in [-0.25, -0.2) is 0 Å². The molecular formula is C10H16Fe. The molecule has 0 spiro atoms. The minimum atomic E-state index is 0. The molecule has 0 fully saturated rings. The molecular weight excluding hydrogens is 176 g/mol. The van der Waals surface area contributed by atoms with E-state index in [1.807, 2.05) is 0 Å². The van der Waals surface area contributed by atoms with E-state index < -0.39 is 0 Å². The van der Waals surface area contributed by atoms with Crippen molar-refractivity contribution >= 4 is 0 Å². The van der Waals surface area contributed by atoms with Gasteiger partial charge in [-0.15, -0.1) is 0 Å².